The van der Waals surface area contributed by atoms with Gasteiger partial charge in [0.1, 0.15) is 10.8 Å². The molecule has 0 radical (unpaired) electrons. The molecule has 7 nitrogen and oxygen atoms in total. The molecule has 5 rings (SSSR count). The largest absolute Gasteiger partial charge is 0.497 e. The van der Waals surface area contributed by atoms with Crippen molar-refractivity contribution in [2.75, 3.05) is 19.5 Å². The van der Waals surface area contributed by atoms with Crippen LogP contribution in [0.4, 0.5) is 5.13 Å². The minimum Gasteiger partial charge on any atom is -0.497 e. The van der Waals surface area contributed by atoms with Crippen LogP contribution in [0, 0.1) is 0 Å². The van der Waals surface area contributed by atoms with E-state index in [2.05, 4.69) is 15.5 Å². The maximum absolute atomic E-state index is 13.6. The van der Waals surface area contributed by atoms with E-state index in [1.54, 1.807) is 25.1 Å². The van der Waals surface area contributed by atoms with Crippen molar-refractivity contribution < 1.29 is 14.3 Å². The fourth-order valence-corrected chi connectivity index (χ4v) is 5.38. The molecule has 164 valence electrons. The number of likely N-dealkylation sites (N-methyl/N-ethyl adjacent to an activating group) is 1. The third-order valence-electron chi connectivity index (χ3n) is 6.44. The second kappa shape index (κ2) is 8.35. The number of aromatic nitrogens is 2. The Morgan fingerprint density at radius 1 is 1.12 bits per heavy atom. The van der Waals surface area contributed by atoms with E-state index in [-0.39, 0.29) is 11.8 Å². The molecule has 2 aromatic carbocycles. The second-order valence-corrected chi connectivity index (χ2v) is 9.27. The molecular weight excluding hydrogens is 424 g/mol. The number of hydrogen-bond acceptors (Lipinski definition) is 6. The zero-order valence-corrected chi connectivity index (χ0v) is 18.8. The predicted molar refractivity (Wildman–Crippen MR) is 122 cm³/mol. The normalized spacial score (nSPS) is 20.4. The SMILES string of the molecule is COc1ccc([C@H]2[C@@H](C(=O)Nc3nnc(C4CCC4)s3)c3ccccc3C(=O)N2C)cc1. The van der Waals surface area contributed by atoms with Crippen LogP contribution in [0.25, 0.3) is 0 Å². The molecule has 2 amide bonds. The van der Waals surface area contributed by atoms with Crippen LogP contribution in [0.15, 0.2) is 48.5 Å². The summed E-state index contributed by atoms with van der Waals surface area (Å²) in [5.41, 5.74) is 2.13. The number of ether oxygens (including phenoxy) is 1. The van der Waals surface area contributed by atoms with E-state index in [9.17, 15) is 9.59 Å². The van der Waals surface area contributed by atoms with Gasteiger partial charge in [-0.1, -0.05) is 48.1 Å². The highest BCUT2D eigenvalue weighted by Crippen LogP contribution is 2.43. The lowest BCUT2D eigenvalue weighted by atomic mass is 9.79. The van der Waals surface area contributed by atoms with Crippen molar-refractivity contribution in [3.63, 3.8) is 0 Å². The van der Waals surface area contributed by atoms with E-state index in [0.29, 0.717) is 16.6 Å². The van der Waals surface area contributed by atoms with Crippen molar-refractivity contribution in [2.24, 2.45) is 0 Å². The van der Waals surface area contributed by atoms with Crippen molar-refractivity contribution in [1.29, 1.82) is 0 Å². The molecule has 0 spiro atoms. The first-order valence-corrected chi connectivity index (χ1v) is 11.5. The van der Waals surface area contributed by atoms with Crippen LogP contribution >= 0.6 is 11.3 Å². The van der Waals surface area contributed by atoms with E-state index in [0.717, 1.165) is 34.7 Å². The highest BCUT2D eigenvalue weighted by atomic mass is 32.1. The van der Waals surface area contributed by atoms with E-state index in [4.69, 9.17) is 4.74 Å². The zero-order valence-electron chi connectivity index (χ0n) is 17.9. The van der Waals surface area contributed by atoms with Crippen LogP contribution in [0.1, 0.15) is 63.6 Å². The zero-order chi connectivity index (χ0) is 22.2. The molecule has 1 aliphatic carbocycles. The number of rotatable bonds is 5. The Kier molecular flexibility index (Phi) is 5.38. The van der Waals surface area contributed by atoms with Crippen LogP contribution in [0.3, 0.4) is 0 Å². The average Bonchev–Trinajstić information content (AvgIpc) is 3.22. The van der Waals surface area contributed by atoms with Crippen molar-refractivity contribution in [3.8, 4) is 5.75 Å². The third-order valence-corrected chi connectivity index (χ3v) is 7.45. The Bertz CT molecular complexity index is 1160. The van der Waals surface area contributed by atoms with Gasteiger partial charge >= 0.3 is 0 Å². The summed E-state index contributed by atoms with van der Waals surface area (Å²) in [4.78, 5) is 28.4. The predicted octanol–water partition coefficient (Wildman–Crippen LogP) is 4.36. The summed E-state index contributed by atoms with van der Waals surface area (Å²) >= 11 is 1.44. The van der Waals surface area contributed by atoms with Crippen molar-refractivity contribution >= 4 is 28.3 Å². The number of carbonyl (C=O) groups is 2. The summed E-state index contributed by atoms with van der Waals surface area (Å²) < 4.78 is 5.28. The molecule has 3 aromatic rings. The number of methoxy groups -OCH3 is 1. The molecule has 2 aliphatic rings. The number of nitrogens with zero attached hydrogens (tertiary/aromatic N) is 3. The summed E-state index contributed by atoms with van der Waals surface area (Å²) in [5.74, 6) is 0.294. The molecule has 0 saturated heterocycles. The molecule has 1 aromatic heterocycles. The quantitative estimate of drug-likeness (QED) is 0.627. The highest BCUT2D eigenvalue weighted by molar-refractivity contribution is 7.15. The maximum Gasteiger partial charge on any atom is 0.254 e. The molecule has 32 heavy (non-hydrogen) atoms. The molecule has 2 heterocycles. The number of fused-ring (bicyclic) bond motifs is 1. The number of nitrogens with one attached hydrogen (secondary N) is 1. The molecule has 1 saturated carbocycles. The van der Waals surface area contributed by atoms with Crippen LogP contribution in [0.2, 0.25) is 0 Å². The number of amides is 2. The van der Waals surface area contributed by atoms with E-state index in [1.807, 2.05) is 42.5 Å². The molecular formula is C24H24N4O3S. The number of benzene rings is 2. The lowest BCUT2D eigenvalue weighted by Crippen LogP contribution is -2.44. The summed E-state index contributed by atoms with van der Waals surface area (Å²) in [6.07, 6.45) is 3.48. The van der Waals surface area contributed by atoms with Crippen molar-refractivity contribution in [3.05, 3.63) is 70.2 Å². The molecule has 1 aliphatic heterocycles. The van der Waals surface area contributed by atoms with Crippen LogP contribution in [0.5, 0.6) is 5.75 Å². The Labute approximate surface area is 190 Å². The van der Waals surface area contributed by atoms with Crippen molar-refractivity contribution in [1.82, 2.24) is 15.1 Å². The molecule has 1 fully saturated rings. The third kappa shape index (κ3) is 3.54. The van der Waals surface area contributed by atoms with Gasteiger partial charge in [0.2, 0.25) is 11.0 Å². The van der Waals surface area contributed by atoms with Gasteiger partial charge in [-0.3, -0.25) is 14.9 Å². The van der Waals surface area contributed by atoms with Gasteiger partial charge < -0.3 is 9.64 Å². The Balaban J connectivity index is 1.51. The van der Waals surface area contributed by atoms with Gasteiger partial charge in [-0.25, -0.2) is 0 Å². The first kappa shape index (κ1) is 20.6. The number of carbonyl (C=O) groups excluding carboxylic acids is 2. The Hall–Kier alpha value is -3.26. The summed E-state index contributed by atoms with van der Waals surface area (Å²) in [5, 5.41) is 12.9. The number of anilines is 1. The minimum absolute atomic E-state index is 0.103. The standard InChI is InChI=1S/C24H24N4O3S/c1-28-20(14-10-12-16(31-2)13-11-14)19(17-8-3-4-9-18(17)23(28)30)21(29)25-24-27-26-22(32-24)15-6-5-7-15/h3-4,8-13,15,19-20H,5-7H2,1-2H3,(H,25,27,29)/t19-,20-/m0/s1. The molecule has 0 bridgehead atoms. The van der Waals surface area contributed by atoms with Gasteiger partial charge in [-0.15, -0.1) is 10.2 Å². The highest BCUT2D eigenvalue weighted by Gasteiger charge is 2.42. The molecule has 8 heteroatoms. The van der Waals surface area contributed by atoms with Crippen LogP contribution in [-0.2, 0) is 4.79 Å². The maximum atomic E-state index is 13.6. The fourth-order valence-electron chi connectivity index (χ4n) is 4.46. The van der Waals surface area contributed by atoms with Gasteiger partial charge in [0.25, 0.3) is 5.91 Å². The van der Waals surface area contributed by atoms with Gasteiger partial charge in [-0.05, 0) is 42.2 Å². The van der Waals surface area contributed by atoms with E-state index < -0.39 is 12.0 Å². The lowest BCUT2D eigenvalue weighted by molar-refractivity contribution is -0.119. The lowest BCUT2D eigenvalue weighted by Gasteiger charge is -2.39. The molecule has 0 unspecified atom stereocenters. The van der Waals surface area contributed by atoms with Gasteiger partial charge in [-0.2, -0.15) is 0 Å². The van der Waals surface area contributed by atoms with Gasteiger partial charge in [0.05, 0.1) is 19.1 Å². The Morgan fingerprint density at radius 3 is 2.56 bits per heavy atom. The van der Waals surface area contributed by atoms with Gasteiger partial charge in [0, 0.05) is 18.5 Å². The summed E-state index contributed by atoms with van der Waals surface area (Å²) in [6, 6.07) is 14.4. The summed E-state index contributed by atoms with van der Waals surface area (Å²) in [6.45, 7) is 0. The topological polar surface area (TPSA) is 84.4 Å². The summed E-state index contributed by atoms with van der Waals surface area (Å²) in [7, 11) is 3.35. The molecule has 2 atom stereocenters. The first-order chi connectivity index (χ1) is 15.6. The second-order valence-electron chi connectivity index (χ2n) is 8.26. The first-order valence-electron chi connectivity index (χ1n) is 10.7. The van der Waals surface area contributed by atoms with E-state index >= 15 is 0 Å². The monoisotopic (exact) mass is 448 g/mol. The average molecular weight is 449 g/mol. The minimum atomic E-state index is -0.585. The molecule has 1 N–H and O–H groups in total. The van der Waals surface area contributed by atoms with Gasteiger partial charge in [0.15, 0.2) is 0 Å². The van der Waals surface area contributed by atoms with Crippen molar-refractivity contribution in [2.45, 2.75) is 37.1 Å². The van der Waals surface area contributed by atoms with E-state index in [1.165, 1.54) is 17.8 Å². The Morgan fingerprint density at radius 2 is 1.88 bits per heavy atom. The smallest absolute Gasteiger partial charge is 0.254 e. The van der Waals surface area contributed by atoms with Crippen LogP contribution < -0.4 is 10.1 Å². The number of hydrogen-bond donors (Lipinski definition) is 1. The van der Waals surface area contributed by atoms with Crippen LogP contribution in [-0.4, -0.2) is 41.1 Å². The fraction of sp³-hybridized carbons (Fsp3) is 0.333.